The fourth-order valence-electron chi connectivity index (χ4n) is 6.05. The van der Waals surface area contributed by atoms with Gasteiger partial charge in [-0.15, -0.1) is 11.3 Å². The number of thiophene rings is 1. The fourth-order valence-corrected chi connectivity index (χ4v) is 9.39. The van der Waals surface area contributed by atoms with Gasteiger partial charge < -0.3 is 4.90 Å². The van der Waals surface area contributed by atoms with Gasteiger partial charge in [0.05, 0.1) is 11.7 Å². The molecule has 0 spiro atoms. The summed E-state index contributed by atoms with van der Waals surface area (Å²) < 4.78 is 30.3. The number of hydrogen-bond donors (Lipinski definition) is 0. The van der Waals surface area contributed by atoms with Gasteiger partial charge in [0, 0.05) is 31.1 Å². The summed E-state index contributed by atoms with van der Waals surface area (Å²) in [6.45, 7) is 7.89. The highest BCUT2D eigenvalue weighted by molar-refractivity contribution is 7.89. The van der Waals surface area contributed by atoms with Gasteiger partial charge in [0.1, 0.15) is 16.3 Å². The first-order chi connectivity index (χ1) is 18.1. The van der Waals surface area contributed by atoms with E-state index in [1.807, 2.05) is 11.0 Å². The second kappa shape index (κ2) is 10.9. The van der Waals surface area contributed by atoms with Crippen molar-refractivity contribution in [3.63, 3.8) is 0 Å². The number of hydrogen-bond acceptors (Lipinski definition) is 6. The van der Waals surface area contributed by atoms with E-state index in [-0.39, 0.29) is 34.6 Å². The SMILES string of the molecule is Cc1sc2ncn(CC(=O)N3CCC(Cc4ccccc4)CC3)c(=O)c2c1S(=O)(=O)N1C[C@@H](C)C[C@H](C)C1. The van der Waals surface area contributed by atoms with Gasteiger partial charge in [-0.3, -0.25) is 14.2 Å². The van der Waals surface area contributed by atoms with E-state index in [9.17, 15) is 18.0 Å². The summed E-state index contributed by atoms with van der Waals surface area (Å²) in [5.41, 5.74) is 0.844. The highest BCUT2D eigenvalue weighted by Gasteiger charge is 2.36. The molecular weight excluding hydrogens is 520 g/mol. The molecule has 0 radical (unpaired) electrons. The van der Waals surface area contributed by atoms with Crippen LogP contribution in [0, 0.1) is 24.7 Å². The molecule has 0 saturated carbocycles. The van der Waals surface area contributed by atoms with Crippen LogP contribution in [0.1, 0.15) is 43.6 Å². The van der Waals surface area contributed by atoms with Crippen LogP contribution in [-0.4, -0.2) is 59.3 Å². The number of aromatic nitrogens is 2. The number of sulfonamides is 1. The molecule has 0 unspecified atom stereocenters. The van der Waals surface area contributed by atoms with Crippen LogP contribution in [-0.2, 0) is 27.8 Å². The smallest absolute Gasteiger partial charge is 0.263 e. The van der Waals surface area contributed by atoms with E-state index in [4.69, 9.17) is 0 Å². The Labute approximate surface area is 228 Å². The van der Waals surface area contributed by atoms with Crippen LogP contribution in [0.3, 0.4) is 0 Å². The largest absolute Gasteiger partial charge is 0.341 e. The second-order valence-electron chi connectivity index (χ2n) is 11.1. The van der Waals surface area contributed by atoms with E-state index < -0.39 is 15.6 Å². The average Bonchev–Trinajstić information content (AvgIpc) is 3.23. The lowest BCUT2D eigenvalue weighted by Gasteiger charge is -2.34. The number of rotatable bonds is 6. The Kier molecular flexibility index (Phi) is 7.75. The van der Waals surface area contributed by atoms with E-state index in [0.29, 0.717) is 41.8 Å². The van der Waals surface area contributed by atoms with Crippen LogP contribution in [0.15, 0.2) is 46.3 Å². The van der Waals surface area contributed by atoms with Crippen molar-refractivity contribution in [1.29, 1.82) is 0 Å². The van der Waals surface area contributed by atoms with E-state index in [1.165, 1.54) is 32.1 Å². The molecule has 38 heavy (non-hydrogen) atoms. The summed E-state index contributed by atoms with van der Waals surface area (Å²) in [5.74, 6) is 0.899. The minimum atomic E-state index is -3.87. The van der Waals surface area contributed by atoms with E-state index in [1.54, 1.807) is 6.92 Å². The predicted molar refractivity (Wildman–Crippen MR) is 150 cm³/mol. The lowest BCUT2D eigenvalue weighted by molar-refractivity contribution is -0.133. The molecule has 2 aliphatic rings. The first-order valence-electron chi connectivity index (χ1n) is 13.4. The molecule has 2 atom stereocenters. The van der Waals surface area contributed by atoms with Gasteiger partial charge in [0.25, 0.3) is 5.56 Å². The minimum absolute atomic E-state index is 0.0554. The fraction of sp³-hybridized carbons (Fsp3) is 0.536. The molecule has 204 valence electrons. The summed E-state index contributed by atoms with van der Waals surface area (Å²) in [4.78, 5) is 33.9. The topological polar surface area (TPSA) is 92.6 Å². The molecule has 1 aromatic carbocycles. The molecule has 3 aromatic rings. The summed E-state index contributed by atoms with van der Waals surface area (Å²) in [6, 6.07) is 10.4. The molecule has 0 bridgehead atoms. The predicted octanol–water partition coefficient (Wildman–Crippen LogP) is 3.91. The van der Waals surface area contributed by atoms with Crippen molar-refractivity contribution in [2.75, 3.05) is 26.2 Å². The third-order valence-electron chi connectivity index (χ3n) is 7.87. The average molecular weight is 557 g/mol. The third-order valence-corrected chi connectivity index (χ3v) is 11.0. The van der Waals surface area contributed by atoms with Gasteiger partial charge in [-0.25, -0.2) is 13.4 Å². The quantitative estimate of drug-likeness (QED) is 0.459. The van der Waals surface area contributed by atoms with Crippen LogP contribution < -0.4 is 5.56 Å². The summed E-state index contributed by atoms with van der Waals surface area (Å²) in [6.07, 6.45) is 5.21. The monoisotopic (exact) mass is 556 g/mol. The Morgan fingerprint density at radius 1 is 1.08 bits per heavy atom. The molecule has 10 heteroatoms. The number of carbonyl (C=O) groups is 1. The Morgan fingerprint density at radius 3 is 2.39 bits per heavy atom. The third kappa shape index (κ3) is 5.44. The van der Waals surface area contributed by atoms with E-state index >= 15 is 0 Å². The molecule has 0 N–H and O–H groups in total. The van der Waals surface area contributed by atoms with Crippen LogP contribution in [0.5, 0.6) is 0 Å². The molecule has 2 saturated heterocycles. The van der Waals surface area contributed by atoms with Crippen LogP contribution >= 0.6 is 11.3 Å². The van der Waals surface area contributed by atoms with Crippen LogP contribution in [0.25, 0.3) is 10.2 Å². The zero-order chi connectivity index (χ0) is 27.0. The normalized spacial score (nSPS) is 21.7. The molecule has 0 aliphatic carbocycles. The number of fused-ring (bicyclic) bond motifs is 1. The summed E-state index contributed by atoms with van der Waals surface area (Å²) in [5, 5.41) is 0.107. The zero-order valence-corrected chi connectivity index (χ0v) is 23.9. The summed E-state index contributed by atoms with van der Waals surface area (Å²) >= 11 is 1.22. The maximum absolute atomic E-state index is 13.8. The standard InChI is InChI=1S/C28H36N4O4S2/c1-19-13-20(2)16-32(15-19)38(35,36)26-21(3)37-27-25(26)28(34)31(18-29-27)17-24(33)30-11-9-23(10-12-30)14-22-7-5-4-6-8-22/h4-8,18-20,23H,9-17H2,1-3H3/t19-,20-/m0/s1. The van der Waals surface area contributed by atoms with Crippen molar-refractivity contribution in [3.05, 3.63) is 57.5 Å². The molecule has 2 aromatic heterocycles. The van der Waals surface area contributed by atoms with E-state index in [0.717, 1.165) is 25.7 Å². The Bertz CT molecular complexity index is 1460. The van der Waals surface area contributed by atoms with Crippen LogP contribution in [0.2, 0.25) is 0 Å². The van der Waals surface area contributed by atoms with Gasteiger partial charge in [0.2, 0.25) is 15.9 Å². The van der Waals surface area contributed by atoms with Gasteiger partial charge in [-0.05, 0) is 55.9 Å². The Morgan fingerprint density at radius 2 is 1.74 bits per heavy atom. The first-order valence-corrected chi connectivity index (χ1v) is 15.7. The van der Waals surface area contributed by atoms with E-state index in [2.05, 4.69) is 43.1 Å². The second-order valence-corrected chi connectivity index (χ2v) is 14.2. The number of benzene rings is 1. The molecular formula is C28H36N4O4S2. The maximum atomic E-state index is 13.8. The minimum Gasteiger partial charge on any atom is -0.341 e. The summed E-state index contributed by atoms with van der Waals surface area (Å²) in [7, 11) is -3.87. The van der Waals surface area contributed by atoms with Crippen molar-refractivity contribution in [2.24, 2.45) is 17.8 Å². The highest BCUT2D eigenvalue weighted by Crippen LogP contribution is 2.35. The van der Waals surface area contributed by atoms with Crippen molar-refractivity contribution >= 4 is 37.5 Å². The number of carbonyl (C=O) groups excluding carboxylic acids is 1. The van der Waals surface area contributed by atoms with Crippen molar-refractivity contribution in [3.8, 4) is 0 Å². The highest BCUT2D eigenvalue weighted by atomic mass is 32.2. The van der Waals surface area contributed by atoms with Gasteiger partial charge in [-0.2, -0.15) is 4.31 Å². The molecule has 1 amide bonds. The number of nitrogens with zero attached hydrogens (tertiary/aromatic N) is 4. The van der Waals surface area contributed by atoms with Gasteiger partial charge >= 0.3 is 0 Å². The lowest BCUT2D eigenvalue weighted by atomic mass is 9.90. The number of amides is 1. The molecule has 8 nitrogen and oxygen atoms in total. The lowest BCUT2D eigenvalue weighted by Crippen LogP contribution is -2.43. The van der Waals surface area contributed by atoms with Crippen molar-refractivity contribution in [1.82, 2.24) is 18.8 Å². The number of likely N-dealkylation sites (tertiary alicyclic amines) is 1. The Hall–Kier alpha value is -2.56. The first kappa shape index (κ1) is 27.0. The van der Waals surface area contributed by atoms with Crippen LogP contribution in [0.4, 0.5) is 0 Å². The Balaban J connectivity index is 1.34. The van der Waals surface area contributed by atoms with Crippen molar-refractivity contribution < 1.29 is 13.2 Å². The molecule has 5 rings (SSSR count). The van der Waals surface area contributed by atoms with Gasteiger partial charge in [-0.1, -0.05) is 44.2 Å². The number of aryl methyl sites for hydroxylation is 1. The van der Waals surface area contributed by atoms with Gasteiger partial charge in [0.15, 0.2) is 0 Å². The molecule has 4 heterocycles. The van der Waals surface area contributed by atoms with Crippen molar-refractivity contribution in [2.45, 2.75) is 57.9 Å². The number of piperidine rings is 2. The zero-order valence-electron chi connectivity index (χ0n) is 22.3. The molecule has 2 fully saturated rings. The maximum Gasteiger partial charge on any atom is 0.263 e. The molecule has 2 aliphatic heterocycles.